The Bertz CT molecular complexity index is 812. The van der Waals surface area contributed by atoms with Gasteiger partial charge in [0.05, 0.1) is 10.6 Å². The number of hydrogen-bond acceptors (Lipinski definition) is 3. The fourth-order valence-electron chi connectivity index (χ4n) is 2.26. The summed E-state index contributed by atoms with van der Waals surface area (Å²) in [5, 5.41) is 2.77. The van der Waals surface area contributed by atoms with E-state index in [4.69, 9.17) is 0 Å². The minimum absolute atomic E-state index is 0.0214. The molecule has 2 N–H and O–H groups in total. The Morgan fingerprint density at radius 2 is 1.67 bits per heavy atom. The normalized spacial score (nSPS) is 11.3. The molecular weight excluding hydrogens is 324 g/mol. The van der Waals surface area contributed by atoms with Crippen LogP contribution in [0.5, 0.6) is 0 Å². The average Bonchev–Trinajstić information content (AvgIpc) is 2.54. The molecular formula is C18H22N2O3S. The number of para-hydroxylation sites is 1. The summed E-state index contributed by atoms with van der Waals surface area (Å²) in [6, 6.07) is 13.2. The lowest BCUT2D eigenvalue weighted by atomic mass is 10.1. The van der Waals surface area contributed by atoms with Crippen LogP contribution in [-0.2, 0) is 16.4 Å². The van der Waals surface area contributed by atoms with Gasteiger partial charge in [0.2, 0.25) is 0 Å². The number of hydrogen-bond donors (Lipinski definition) is 2. The molecule has 2 aromatic carbocycles. The molecule has 0 aliphatic carbocycles. The van der Waals surface area contributed by atoms with E-state index in [1.807, 2.05) is 32.9 Å². The molecule has 2 aromatic rings. The molecule has 1 amide bonds. The van der Waals surface area contributed by atoms with E-state index in [2.05, 4.69) is 10.0 Å². The summed E-state index contributed by atoms with van der Waals surface area (Å²) in [5.74, 6) is -0.224. The molecule has 0 atom stereocenters. The third-order valence-corrected chi connectivity index (χ3v) is 4.87. The number of rotatable bonds is 6. The minimum Gasteiger partial charge on any atom is -0.350 e. The summed E-state index contributed by atoms with van der Waals surface area (Å²) in [6.45, 7) is 5.70. The molecule has 5 nitrogen and oxygen atoms in total. The van der Waals surface area contributed by atoms with E-state index in [1.165, 1.54) is 24.3 Å². The summed E-state index contributed by atoms with van der Waals surface area (Å²) in [4.78, 5) is 12.0. The molecule has 0 unspecified atom stereocenters. The van der Waals surface area contributed by atoms with Gasteiger partial charge in [-0.3, -0.25) is 9.52 Å². The number of carbonyl (C=O) groups excluding carboxylic acids is 1. The smallest absolute Gasteiger partial charge is 0.261 e. The van der Waals surface area contributed by atoms with Crippen LogP contribution in [0.1, 0.15) is 36.7 Å². The Morgan fingerprint density at radius 1 is 1.04 bits per heavy atom. The van der Waals surface area contributed by atoms with Crippen LogP contribution in [0.4, 0.5) is 5.69 Å². The first-order chi connectivity index (χ1) is 11.3. The molecule has 0 heterocycles. The zero-order valence-corrected chi connectivity index (χ0v) is 14.9. The van der Waals surface area contributed by atoms with Gasteiger partial charge in [-0.05, 0) is 56.2 Å². The molecule has 2 rings (SSSR count). The molecule has 0 saturated carbocycles. The van der Waals surface area contributed by atoms with E-state index in [9.17, 15) is 13.2 Å². The molecule has 0 saturated heterocycles. The van der Waals surface area contributed by atoms with Crippen LogP contribution < -0.4 is 10.0 Å². The number of sulfonamides is 1. The predicted octanol–water partition coefficient (Wildman–Crippen LogP) is 3.19. The first-order valence-electron chi connectivity index (χ1n) is 7.85. The second kappa shape index (κ2) is 7.49. The summed E-state index contributed by atoms with van der Waals surface area (Å²) < 4.78 is 27.6. The third-order valence-electron chi connectivity index (χ3n) is 3.49. The number of aryl methyl sites for hydroxylation is 1. The van der Waals surface area contributed by atoms with Crippen LogP contribution in [0.25, 0.3) is 0 Å². The molecule has 0 spiro atoms. The maximum Gasteiger partial charge on any atom is 0.261 e. The minimum atomic E-state index is -3.69. The fourth-order valence-corrected chi connectivity index (χ4v) is 3.36. The Hall–Kier alpha value is -2.34. The number of anilines is 1. The quantitative estimate of drug-likeness (QED) is 0.843. The topological polar surface area (TPSA) is 75.3 Å². The van der Waals surface area contributed by atoms with Crippen LogP contribution in [0.3, 0.4) is 0 Å². The Morgan fingerprint density at radius 3 is 2.25 bits per heavy atom. The highest BCUT2D eigenvalue weighted by atomic mass is 32.2. The van der Waals surface area contributed by atoms with Crippen molar-refractivity contribution in [2.24, 2.45) is 0 Å². The molecule has 0 aliphatic heterocycles. The Balaban J connectivity index is 2.22. The van der Waals surface area contributed by atoms with Gasteiger partial charge in [-0.25, -0.2) is 8.42 Å². The van der Waals surface area contributed by atoms with Crippen molar-refractivity contribution >= 4 is 21.6 Å². The van der Waals surface area contributed by atoms with Crippen molar-refractivity contribution in [1.82, 2.24) is 5.32 Å². The summed E-state index contributed by atoms with van der Waals surface area (Å²) >= 11 is 0. The first kappa shape index (κ1) is 18.0. The molecule has 24 heavy (non-hydrogen) atoms. The van der Waals surface area contributed by atoms with Crippen molar-refractivity contribution in [2.45, 2.75) is 38.1 Å². The molecule has 0 bridgehead atoms. The Labute approximate surface area is 143 Å². The summed E-state index contributed by atoms with van der Waals surface area (Å²) in [6.07, 6.45) is 0.729. The van der Waals surface area contributed by atoms with Gasteiger partial charge in [0, 0.05) is 11.6 Å². The molecule has 0 aromatic heterocycles. The lowest BCUT2D eigenvalue weighted by Crippen LogP contribution is -2.30. The fraction of sp³-hybridized carbons (Fsp3) is 0.278. The van der Waals surface area contributed by atoms with E-state index in [0.29, 0.717) is 11.3 Å². The van der Waals surface area contributed by atoms with Crippen LogP contribution >= 0.6 is 0 Å². The van der Waals surface area contributed by atoms with E-state index in [1.54, 1.807) is 12.1 Å². The van der Waals surface area contributed by atoms with E-state index in [-0.39, 0.29) is 16.8 Å². The van der Waals surface area contributed by atoms with Crippen molar-refractivity contribution in [1.29, 1.82) is 0 Å². The molecule has 0 fully saturated rings. The maximum absolute atomic E-state index is 12.5. The van der Waals surface area contributed by atoms with Gasteiger partial charge in [-0.2, -0.15) is 0 Å². The number of carbonyl (C=O) groups is 1. The molecule has 6 heteroatoms. The van der Waals surface area contributed by atoms with Crippen LogP contribution in [-0.4, -0.2) is 20.4 Å². The van der Waals surface area contributed by atoms with Crippen molar-refractivity contribution in [3.63, 3.8) is 0 Å². The van der Waals surface area contributed by atoms with Gasteiger partial charge in [-0.15, -0.1) is 0 Å². The molecule has 128 valence electrons. The number of amides is 1. The second-order valence-electron chi connectivity index (χ2n) is 5.77. The van der Waals surface area contributed by atoms with Gasteiger partial charge < -0.3 is 5.32 Å². The van der Waals surface area contributed by atoms with E-state index >= 15 is 0 Å². The zero-order valence-electron chi connectivity index (χ0n) is 14.0. The highest BCUT2D eigenvalue weighted by molar-refractivity contribution is 7.92. The van der Waals surface area contributed by atoms with Crippen molar-refractivity contribution in [3.05, 3.63) is 59.7 Å². The standard InChI is InChI=1S/C18H22N2O3S/c1-4-14-7-5-6-8-17(14)20-24(22,23)16-11-9-15(10-12-16)18(21)19-13(2)3/h5-13,20H,4H2,1-3H3,(H,19,21). The van der Waals surface area contributed by atoms with Gasteiger partial charge >= 0.3 is 0 Å². The third kappa shape index (κ3) is 4.35. The lowest BCUT2D eigenvalue weighted by Gasteiger charge is -2.12. The lowest BCUT2D eigenvalue weighted by molar-refractivity contribution is 0.0943. The van der Waals surface area contributed by atoms with E-state index in [0.717, 1.165) is 12.0 Å². The monoisotopic (exact) mass is 346 g/mol. The zero-order chi connectivity index (χ0) is 17.7. The van der Waals surface area contributed by atoms with E-state index < -0.39 is 10.0 Å². The van der Waals surface area contributed by atoms with Crippen molar-refractivity contribution in [3.8, 4) is 0 Å². The first-order valence-corrected chi connectivity index (χ1v) is 9.33. The van der Waals surface area contributed by atoms with Gasteiger partial charge in [-0.1, -0.05) is 25.1 Å². The highest BCUT2D eigenvalue weighted by Crippen LogP contribution is 2.20. The van der Waals surface area contributed by atoms with Gasteiger partial charge in [0.25, 0.3) is 15.9 Å². The van der Waals surface area contributed by atoms with Crippen LogP contribution in [0.15, 0.2) is 53.4 Å². The van der Waals surface area contributed by atoms with Crippen LogP contribution in [0, 0.1) is 0 Å². The van der Waals surface area contributed by atoms with Gasteiger partial charge in [0.1, 0.15) is 0 Å². The SMILES string of the molecule is CCc1ccccc1NS(=O)(=O)c1ccc(C(=O)NC(C)C)cc1. The summed E-state index contributed by atoms with van der Waals surface area (Å²) in [5.41, 5.74) is 1.92. The maximum atomic E-state index is 12.5. The summed E-state index contributed by atoms with van der Waals surface area (Å²) in [7, 11) is -3.69. The second-order valence-corrected chi connectivity index (χ2v) is 7.45. The predicted molar refractivity (Wildman–Crippen MR) is 95.7 cm³/mol. The Kier molecular flexibility index (Phi) is 5.62. The number of nitrogens with one attached hydrogen (secondary N) is 2. The van der Waals surface area contributed by atoms with Crippen molar-refractivity contribution < 1.29 is 13.2 Å². The number of benzene rings is 2. The average molecular weight is 346 g/mol. The van der Waals surface area contributed by atoms with Crippen molar-refractivity contribution in [2.75, 3.05) is 4.72 Å². The molecule has 0 aliphatic rings. The van der Waals surface area contributed by atoms with Crippen LogP contribution in [0.2, 0.25) is 0 Å². The highest BCUT2D eigenvalue weighted by Gasteiger charge is 2.16. The largest absolute Gasteiger partial charge is 0.350 e. The van der Waals surface area contributed by atoms with Gasteiger partial charge in [0.15, 0.2) is 0 Å². The molecule has 0 radical (unpaired) electrons.